The standard InChI is InChI=1S/C19H19FN4O3/c1-11-2-3-12-8-13(20)9-14-16(12)24(11)19(27)15(17(14)25)18(26)22-5-7-23-6-4-21-10-23/h4,6,8-11,25H,2-3,5,7H2,1H3,(H,22,26). The van der Waals surface area contributed by atoms with E-state index >= 15 is 0 Å². The highest BCUT2D eigenvalue weighted by atomic mass is 19.1. The van der Waals surface area contributed by atoms with E-state index in [0.29, 0.717) is 30.5 Å². The Bertz CT molecular complexity index is 1090. The number of aryl methyl sites for hydroxylation is 1. The second-order valence-electron chi connectivity index (χ2n) is 6.80. The van der Waals surface area contributed by atoms with Gasteiger partial charge in [0.15, 0.2) is 0 Å². The van der Waals surface area contributed by atoms with Crippen LogP contribution in [0.15, 0.2) is 35.6 Å². The summed E-state index contributed by atoms with van der Waals surface area (Å²) in [4.78, 5) is 29.5. The van der Waals surface area contributed by atoms with Crippen LogP contribution >= 0.6 is 0 Å². The Morgan fingerprint density at radius 3 is 3.00 bits per heavy atom. The Hall–Kier alpha value is -3.16. The van der Waals surface area contributed by atoms with Crippen LogP contribution in [-0.2, 0) is 13.0 Å². The number of carbonyl (C=O) groups is 1. The molecule has 8 heteroatoms. The Balaban J connectivity index is 1.77. The van der Waals surface area contributed by atoms with E-state index < -0.39 is 23.0 Å². The number of benzene rings is 1. The van der Waals surface area contributed by atoms with E-state index in [1.165, 1.54) is 16.7 Å². The third kappa shape index (κ3) is 2.87. The largest absolute Gasteiger partial charge is 0.506 e. The minimum Gasteiger partial charge on any atom is -0.506 e. The van der Waals surface area contributed by atoms with Crippen molar-refractivity contribution in [1.82, 2.24) is 19.4 Å². The van der Waals surface area contributed by atoms with Gasteiger partial charge in [-0.3, -0.25) is 9.59 Å². The van der Waals surface area contributed by atoms with Crippen molar-refractivity contribution in [2.24, 2.45) is 0 Å². The van der Waals surface area contributed by atoms with Crippen molar-refractivity contribution in [1.29, 1.82) is 0 Å². The van der Waals surface area contributed by atoms with Crippen LogP contribution in [0.4, 0.5) is 4.39 Å². The quantitative estimate of drug-likeness (QED) is 0.735. The van der Waals surface area contributed by atoms with Crippen molar-refractivity contribution < 1.29 is 14.3 Å². The fraction of sp³-hybridized carbons (Fsp3) is 0.316. The van der Waals surface area contributed by atoms with Gasteiger partial charge in [-0.25, -0.2) is 9.37 Å². The number of imidazole rings is 1. The van der Waals surface area contributed by atoms with Gasteiger partial charge in [0, 0.05) is 36.9 Å². The van der Waals surface area contributed by atoms with Gasteiger partial charge in [0.2, 0.25) is 0 Å². The molecule has 0 fully saturated rings. The molecular formula is C19H19FN4O3. The molecule has 2 aromatic heterocycles. The number of pyridine rings is 1. The van der Waals surface area contributed by atoms with Gasteiger partial charge in [0.1, 0.15) is 17.1 Å². The topological polar surface area (TPSA) is 89.2 Å². The lowest BCUT2D eigenvalue weighted by molar-refractivity contribution is 0.0947. The number of nitrogens with zero attached hydrogens (tertiary/aromatic N) is 3. The Kier molecular flexibility index (Phi) is 4.18. The van der Waals surface area contributed by atoms with Gasteiger partial charge in [0.25, 0.3) is 11.5 Å². The van der Waals surface area contributed by atoms with Crippen molar-refractivity contribution in [3.05, 3.63) is 58.2 Å². The van der Waals surface area contributed by atoms with Crippen LogP contribution < -0.4 is 10.9 Å². The molecule has 0 radical (unpaired) electrons. The highest BCUT2D eigenvalue weighted by Gasteiger charge is 2.28. The summed E-state index contributed by atoms with van der Waals surface area (Å²) in [5.41, 5.74) is 0.272. The van der Waals surface area contributed by atoms with Crippen molar-refractivity contribution in [2.45, 2.75) is 32.4 Å². The molecule has 1 unspecified atom stereocenters. The van der Waals surface area contributed by atoms with E-state index in [9.17, 15) is 19.1 Å². The van der Waals surface area contributed by atoms with Gasteiger partial charge in [0.05, 0.1) is 11.8 Å². The third-order valence-corrected chi connectivity index (χ3v) is 5.03. The number of hydrogen-bond acceptors (Lipinski definition) is 4. The molecule has 3 aromatic rings. The Morgan fingerprint density at radius 2 is 2.26 bits per heavy atom. The minimum atomic E-state index is -0.674. The van der Waals surface area contributed by atoms with Gasteiger partial charge < -0.3 is 19.6 Å². The summed E-state index contributed by atoms with van der Waals surface area (Å²) in [6.45, 7) is 2.62. The van der Waals surface area contributed by atoms with Crippen LogP contribution in [-0.4, -0.2) is 31.7 Å². The molecule has 7 nitrogen and oxygen atoms in total. The molecule has 1 aromatic carbocycles. The third-order valence-electron chi connectivity index (χ3n) is 5.03. The van der Waals surface area contributed by atoms with Crippen LogP contribution in [0, 0.1) is 5.82 Å². The van der Waals surface area contributed by atoms with Crippen LogP contribution in [0.5, 0.6) is 5.75 Å². The summed E-state index contributed by atoms with van der Waals surface area (Å²) in [5, 5.41) is 13.4. The van der Waals surface area contributed by atoms with Crippen LogP contribution in [0.25, 0.3) is 10.9 Å². The molecule has 4 rings (SSSR count). The lowest BCUT2D eigenvalue weighted by Gasteiger charge is -2.26. The lowest BCUT2D eigenvalue weighted by atomic mass is 9.95. The smallest absolute Gasteiger partial charge is 0.267 e. The van der Waals surface area contributed by atoms with Gasteiger partial charge in [-0.15, -0.1) is 0 Å². The fourth-order valence-electron chi connectivity index (χ4n) is 3.69. The summed E-state index contributed by atoms with van der Waals surface area (Å²) >= 11 is 0. The first-order valence-electron chi connectivity index (χ1n) is 8.81. The summed E-state index contributed by atoms with van der Waals surface area (Å²) < 4.78 is 17.3. The molecule has 1 aliphatic rings. The molecule has 0 aliphatic carbocycles. The predicted octanol–water partition coefficient (Wildman–Crippen LogP) is 1.98. The number of hydrogen-bond donors (Lipinski definition) is 2. The zero-order valence-corrected chi connectivity index (χ0v) is 14.8. The number of rotatable bonds is 4. The average Bonchev–Trinajstić information content (AvgIpc) is 3.14. The highest BCUT2D eigenvalue weighted by Crippen LogP contribution is 2.35. The van der Waals surface area contributed by atoms with Crippen LogP contribution in [0.2, 0.25) is 0 Å². The second-order valence-corrected chi connectivity index (χ2v) is 6.80. The summed E-state index contributed by atoms with van der Waals surface area (Å²) in [6.07, 6.45) is 6.28. The molecule has 0 spiro atoms. The number of carbonyl (C=O) groups excluding carboxylic acids is 1. The van der Waals surface area contributed by atoms with Crippen LogP contribution in [0.3, 0.4) is 0 Å². The number of halogens is 1. The summed E-state index contributed by atoms with van der Waals surface area (Å²) in [7, 11) is 0. The Morgan fingerprint density at radius 1 is 1.44 bits per heavy atom. The molecule has 1 aliphatic heterocycles. The first kappa shape index (κ1) is 17.3. The first-order chi connectivity index (χ1) is 13.0. The monoisotopic (exact) mass is 370 g/mol. The zero-order valence-electron chi connectivity index (χ0n) is 14.8. The second kappa shape index (κ2) is 6.53. The Labute approximate surface area is 154 Å². The van der Waals surface area contributed by atoms with Crippen LogP contribution in [0.1, 0.15) is 35.3 Å². The molecular weight excluding hydrogens is 351 g/mol. The molecule has 3 heterocycles. The average molecular weight is 370 g/mol. The normalized spacial score (nSPS) is 15.9. The SMILES string of the molecule is CC1CCc2cc(F)cc3c(O)c(C(=O)NCCn4ccnc4)c(=O)n1c23. The summed E-state index contributed by atoms with van der Waals surface area (Å²) in [6, 6.07) is 2.41. The summed E-state index contributed by atoms with van der Waals surface area (Å²) in [5.74, 6) is -1.65. The van der Waals surface area contributed by atoms with Crippen molar-refractivity contribution >= 4 is 16.8 Å². The van der Waals surface area contributed by atoms with Gasteiger partial charge in [-0.1, -0.05) is 0 Å². The number of aromatic hydroxyl groups is 1. The van der Waals surface area contributed by atoms with Gasteiger partial charge >= 0.3 is 0 Å². The molecule has 1 amide bonds. The molecule has 27 heavy (non-hydrogen) atoms. The molecule has 0 saturated carbocycles. The molecule has 0 bridgehead atoms. The van der Waals surface area contributed by atoms with E-state index in [1.54, 1.807) is 23.3 Å². The molecule has 0 saturated heterocycles. The maximum Gasteiger partial charge on any atom is 0.267 e. The minimum absolute atomic E-state index is 0.143. The maximum atomic E-state index is 14.0. The van der Waals surface area contributed by atoms with Crippen molar-refractivity contribution in [3.8, 4) is 5.75 Å². The van der Waals surface area contributed by atoms with E-state index in [1.807, 2.05) is 6.92 Å². The van der Waals surface area contributed by atoms with Gasteiger partial charge in [-0.05, 0) is 37.5 Å². The molecule has 1 atom stereocenters. The maximum absolute atomic E-state index is 14.0. The van der Waals surface area contributed by atoms with Gasteiger partial charge in [-0.2, -0.15) is 0 Å². The van der Waals surface area contributed by atoms with E-state index in [2.05, 4.69) is 10.3 Å². The number of aromatic nitrogens is 3. The number of amides is 1. The molecule has 2 N–H and O–H groups in total. The van der Waals surface area contributed by atoms with E-state index in [-0.39, 0.29) is 23.5 Å². The fourth-order valence-corrected chi connectivity index (χ4v) is 3.69. The highest BCUT2D eigenvalue weighted by molar-refractivity contribution is 6.03. The predicted molar refractivity (Wildman–Crippen MR) is 97.4 cm³/mol. The van der Waals surface area contributed by atoms with E-state index in [0.717, 1.165) is 0 Å². The molecule has 140 valence electrons. The van der Waals surface area contributed by atoms with E-state index in [4.69, 9.17) is 0 Å². The number of nitrogens with one attached hydrogen (secondary N) is 1. The zero-order chi connectivity index (χ0) is 19.1. The van der Waals surface area contributed by atoms with Crippen molar-refractivity contribution in [3.63, 3.8) is 0 Å². The lowest BCUT2D eigenvalue weighted by Crippen LogP contribution is -2.37. The van der Waals surface area contributed by atoms with Crippen molar-refractivity contribution in [2.75, 3.05) is 6.54 Å². The first-order valence-corrected chi connectivity index (χ1v) is 8.81.